The molecular formula is C14H17NO3. The molecule has 1 atom stereocenters. The van der Waals surface area contributed by atoms with Gasteiger partial charge < -0.3 is 9.64 Å². The summed E-state index contributed by atoms with van der Waals surface area (Å²) in [5.41, 5.74) is 1.00. The minimum absolute atomic E-state index is 0.0328. The summed E-state index contributed by atoms with van der Waals surface area (Å²) in [5.74, 6) is 0.534. The van der Waals surface area contributed by atoms with Crippen molar-refractivity contribution in [3.63, 3.8) is 0 Å². The summed E-state index contributed by atoms with van der Waals surface area (Å²) < 4.78 is 5.24. The molecule has 96 valence electrons. The molecule has 2 aliphatic rings. The Balaban J connectivity index is 2.63. The molecule has 1 unspecified atom stereocenters. The molecule has 0 bridgehead atoms. The maximum absolute atomic E-state index is 12.2. The van der Waals surface area contributed by atoms with Gasteiger partial charge in [0.25, 0.3) is 5.91 Å². The quantitative estimate of drug-likeness (QED) is 0.520. The van der Waals surface area contributed by atoms with Gasteiger partial charge in [0.05, 0.1) is 18.1 Å². The molecule has 1 fully saturated rings. The number of hydrogen-bond donors (Lipinski definition) is 0. The second-order valence-corrected chi connectivity index (χ2v) is 4.83. The van der Waals surface area contributed by atoms with E-state index in [1.807, 2.05) is 13.0 Å². The maximum atomic E-state index is 12.2. The van der Waals surface area contributed by atoms with Crippen molar-refractivity contribution in [2.24, 2.45) is 5.41 Å². The van der Waals surface area contributed by atoms with Crippen LogP contribution >= 0.6 is 0 Å². The number of amides is 1. The van der Waals surface area contributed by atoms with Crippen molar-refractivity contribution >= 4 is 11.7 Å². The van der Waals surface area contributed by atoms with E-state index in [0.29, 0.717) is 17.9 Å². The number of carbonyl (C=O) groups excluding carboxylic acids is 2. The van der Waals surface area contributed by atoms with E-state index >= 15 is 0 Å². The Hall–Kier alpha value is -1.84. The molecule has 0 aromatic rings. The van der Waals surface area contributed by atoms with Crippen LogP contribution in [-0.4, -0.2) is 37.3 Å². The van der Waals surface area contributed by atoms with Crippen LogP contribution in [0.5, 0.6) is 0 Å². The van der Waals surface area contributed by atoms with Gasteiger partial charge in [0.1, 0.15) is 5.76 Å². The first-order chi connectivity index (χ1) is 8.42. The zero-order valence-electron chi connectivity index (χ0n) is 11.1. The lowest BCUT2D eigenvalue weighted by atomic mass is 9.73. The molecule has 4 nitrogen and oxygen atoms in total. The predicted molar refractivity (Wildman–Crippen MR) is 67.7 cm³/mol. The van der Waals surface area contributed by atoms with Gasteiger partial charge in [0.15, 0.2) is 5.78 Å². The van der Waals surface area contributed by atoms with Gasteiger partial charge in [-0.25, -0.2) is 0 Å². The van der Waals surface area contributed by atoms with Crippen molar-refractivity contribution < 1.29 is 14.3 Å². The summed E-state index contributed by atoms with van der Waals surface area (Å²) >= 11 is 0. The van der Waals surface area contributed by atoms with E-state index in [9.17, 15) is 9.59 Å². The number of methoxy groups -OCH3 is 1. The number of rotatable bonds is 1. The van der Waals surface area contributed by atoms with E-state index in [2.05, 4.69) is 0 Å². The third kappa shape index (κ3) is 1.60. The zero-order valence-corrected chi connectivity index (χ0v) is 11.1. The number of allylic oxidation sites excluding steroid dienone is 3. The topological polar surface area (TPSA) is 46.6 Å². The van der Waals surface area contributed by atoms with Crippen molar-refractivity contribution in [2.45, 2.75) is 13.8 Å². The Kier molecular flexibility index (Phi) is 2.89. The standard InChI is InChI=1S/C14H17NO3/c1-9-7-11(16)5-6-14(9)8-15(3)13(17)12(14)10(2)18-4/h5-7H,8H2,1-4H3/b12-10+. The first-order valence-electron chi connectivity index (χ1n) is 5.85. The van der Waals surface area contributed by atoms with Crippen LogP contribution < -0.4 is 0 Å². The van der Waals surface area contributed by atoms with Gasteiger partial charge >= 0.3 is 0 Å². The highest BCUT2D eigenvalue weighted by Gasteiger charge is 2.48. The van der Waals surface area contributed by atoms with Gasteiger partial charge in [-0.2, -0.15) is 0 Å². The average Bonchev–Trinajstić information content (AvgIpc) is 2.58. The van der Waals surface area contributed by atoms with E-state index in [1.54, 1.807) is 32.1 Å². The fourth-order valence-electron chi connectivity index (χ4n) is 2.68. The van der Waals surface area contributed by atoms with E-state index < -0.39 is 5.41 Å². The van der Waals surface area contributed by atoms with Crippen molar-refractivity contribution in [3.05, 3.63) is 35.1 Å². The molecule has 0 aromatic carbocycles. The Morgan fingerprint density at radius 2 is 2.11 bits per heavy atom. The Morgan fingerprint density at radius 1 is 1.44 bits per heavy atom. The Morgan fingerprint density at radius 3 is 2.67 bits per heavy atom. The number of carbonyl (C=O) groups is 2. The predicted octanol–water partition coefficient (Wildman–Crippen LogP) is 1.45. The highest BCUT2D eigenvalue weighted by molar-refractivity contribution is 6.05. The first kappa shape index (κ1) is 12.6. The van der Waals surface area contributed by atoms with E-state index in [1.165, 1.54) is 6.08 Å². The van der Waals surface area contributed by atoms with Crippen LogP contribution in [0.25, 0.3) is 0 Å². The molecule has 1 heterocycles. The van der Waals surface area contributed by atoms with Gasteiger partial charge in [-0.15, -0.1) is 0 Å². The highest BCUT2D eigenvalue weighted by atomic mass is 16.5. The van der Waals surface area contributed by atoms with Crippen LogP contribution in [0, 0.1) is 5.41 Å². The van der Waals surface area contributed by atoms with Crippen LogP contribution in [-0.2, 0) is 14.3 Å². The normalized spacial score (nSPS) is 30.0. The number of likely N-dealkylation sites (N-methyl/N-ethyl adjacent to an activating group) is 1. The number of nitrogens with zero attached hydrogens (tertiary/aromatic N) is 1. The van der Waals surface area contributed by atoms with Gasteiger partial charge in [0.2, 0.25) is 0 Å². The average molecular weight is 247 g/mol. The SMILES string of the molecule is CO/C(C)=C1\C(=O)N(C)CC12C=CC(=O)C=C2C. The van der Waals surface area contributed by atoms with Gasteiger partial charge in [-0.1, -0.05) is 11.6 Å². The molecule has 1 saturated heterocycles. The Labute approximate surface area is 107 Å². The summed E-state index contributed by atoms with van der Waals surface area (Å²) in [5, 5.41) is 0. The lowest BCUT2D eigenvalue weighted by molar-refractivity contribution is -0.123. The van der Waals surface area contributed by atoms with Crippen molar-refractivity contribution in [3.8, 4) is 0 Å². The lowest BCUT2D eigenvalue weighted by Crippen LogP contribution is -2.28. The van der Waals surface area contributed by atoms with Crippen molar-refractivity contribution in [2.75, 3.05) is 20.7 Å². The van der Waals surface area contributed by atoms with Crippen LogP contribution in [0.3, 0.4) is 0 Å². The maximum Gasteiger partial charge on any atom is 0.254 e. The van der Waals surface area contributed by atoms with Crippen LogP contribution in [0.1, 0.15) is 13.8 Å². The van der Waals surface area contributed by atoms with Crippen LogP contribution in [0.4, 0.5) is 0 Å². The van der Waals surface area contributed by atoms with E-state index in [0.717, 1.165) is 5.57 Å². The summed E-state index contributed by atoms with van der Waals surface area (Å²) in [7, 11) is 3.32. The minimum Gasteiger partial charge on any atom is -0.501 e. The summed E-state index contributed by atoms with van der Waals surface area (Å²) in [6.45, 7) is 4.22. The molecule has 1 spiro atoms. The molecule has 1 amide bonds. The van der Waals surface area contributed by atoms with Gasteiger partial charge in [-0.3, -0.25) is 9.59 Å². The molecule has 0 aromatic heterocycles. The molecule has 18 heavy (non-hydrogen) atoms. The fourth-order valence-corrected chi connectivity index (χ4v) is 2.68. The van der Waals surface area contributed by atoms with E-state index in [-0.39, 0.29) is 11.7 Å². The van der Waals surface area contributed by atoms with Crippen molar-refractivity contribution in [1.29, 1.82) is 0 Å². The molecule has 1 aliphatic carbocycles. The summed E-state index contributed by atoms with van der Waals surface area (Å²) in [6.07, 6.45) is 4.95. The highest BCUT2D eigenvalue weighted by Crippen LogP contribution is 2.46. The lowest BCUT2D eigenvalue weighted by Gasteiger charge is -2.29. The largest absolute Gasteiger partial charge is 0.501 e. The van der Waals surface area contributed by atoms with Gasteiger partial charge in [-0.05, 0) is 26.0 Å². The molecule has 2 rings (SSSR count). The Bertz CT molecular complexity index is 513. The fraction of sp³-hybridized carbons (Fsp3) is 0.429. The van der Waals surface area contributed by atoms with E-state index in [4.69, 9.17) is 4.74 Å². The third-order valence-electron chi connectivity index (χ3n) is 3.75. The second kappa shape index (κ2) is 4.12. The van der Waals surface area contributed by atoms with Crippen LogP contribution in [0.2, 0.25) is 0 Å². The number of likely N-dealkylation sites (tertiary alicyclic amines) is 1. The monoisotopic (exact) mass is 247 g/mol. The molecule has 1 aliphatic heterocycles. The van der Waals surface area contributed by atoms with Gasteiger partial charge in [0, 0.05) is 13.6 Å². The zero-order chi connectivity index (χ0) is 13.5. The van der Waals surface area contributed by atoms with Crippen molar-refractivity contribution in [1.82, 2.24) is 4.90 Å². The first-order valence-corrected chi connectivity index (χ1v) is 5.85. The molecule has 0 radical (unpaired) electrons. The molecular weight excluding hydrogens is 230 g/mol. The van der Waals surface area contributed by atoms with Crippen LogP contribution in [0.15, 0.2) is 35.1 Å². The second-order valence-electron chi connectivity index (χ2n) is 4.83. The third-order valence-corrected chi connectivity index (χ3v) is 3.75. The number of hydrogen-bond acceptors (Lipinski definition) is 3. The molecule has 0 N–H and O–H groups in total. The smallest absolute Gasteiger partial charge is 0.254 e. The minimum atomic E-state index is -0.514. The molecule has 0 saturated carbocycles. The molecule has 4 heteroatoms. The summed E-state index contributed by atoms with van der Waals surface area (Å²) in [6, 6.07) is 0. The number of ether oxygens (including phenoxy) is 1. The summed E-state index contributed by atoms with van der Waals surface area (Å²) in [4.78, 5) is 25.3. The number of ketones is 1.